The van der Waals surface area contributed by atoms with E-state index in [1.54, 1.807) is 12.1 Å². The summed E-state index contributed by atoms with van der Waals surface area (Å²) in [6, 6.07) is 7.15. The second-order valence-corrected chi connectivity index (χ2v) is 5.62. The summed E-state index contributed by atoms with van der Waals surface area (Å²) in [5, 5.41) is 6.54. The lowest BCUT2D eigenvalue weighted by Crippen LogP contribution is -2.28. The number of rotatable bonds is 8. The molecule has 0 radical (unpaired) electrons. The lowest BCUT2D eigenvalue weighted by atomic mass is 10.3. The van der Waals surface area contributed by atoms with Crippen LogP contribution in [0.1, 0.15) is 13.3 Å². The van der Waals surface area contributed by atoms with Crippen LogP contribution in [0.2, 0.25) is 5.02 Å². The topological polar surface area (TPSA) is 41.1 Å². The maximum atomic E-state index is 11.6. The number of amides is 1. The Morgan fingerprint density at radius 3 is 3.00 bits per heavy atom. The van der Waals surface area contributed by atoms with Gasteiger partial charge in [-0.25, -0.2) is 0 Å². The van der Waals surface area contributed by atoms with Crippen molar-refractivity contribution in [2.45, 2.75) is 13.3 Å². The Morgan fingerprint density at radius 2 is 2.28 bits per heavy atom. The first-order valence-electron chi connectivity index (χ1n) is 6.06. The fourth-order valence-corrected chi connectivity index (χ4v) is 2.24. The molecule has 100 valence electrons. The van der Waals surface area contributed by atoms with Gasteiger partial charge in [-0.3, -0.25) is 4.79 Å². The number of anilines is 1. The number of carbonyl (C=O) groups excluding carboxylic acids is 1. The molecule has 0 aliphatic rings. The van der Waals surface area contributed by atoms with E-state index in [4.69, 9.17) is 11.6 Å². The largest absolute Gasteiger partial charge is 0.325 e. The minimum Gasteiger partial charge on any atom is -0.325 e. The van der Waals surface area contributed by atoms with Crippen LogP contribution in [-0.4, -0.2) is 30.5 Å². The van der Waals surface area contributed by atoms with Crippen LogP contribution in [-0.2, 0) is 4.79 Å². The highest BCUT2D eigenvalue weighted by atomic mass is 35.5. The smallest absolute Gasteiger partial charge is 0.238 e. The first kappa shape index (κ1) is 15.3. The van der Waals surface area contributed by atoms with Crippen molar-refractivity contribution in [3.05, 3.63) is 29.3 Å². The molecular formula is C13H19ClN2OS. The second-order valence-electron chi connectivity index (χ2n) is 3.79. The van der Waals surface area contributed by atoms with E-state index in [0.717, 1.165) is 30.2 Å². The van der Waals surface area contributed by atoms with Gasteiger partial charge in [0.05, 0.1) is 6.54 Å². The Kier molecular flexibility index (Phi) is 7.89. The molecule has 3 nitrogen and oxygen atoms in total. The minimum absolute atomic E-state index is 0.0413. The quantitative estimate of drug-likeness (QED) is 0.722. The lowest BCUT2D eigenvalue weighted by Gasteiger charge is -2.06. The third kappa shape index (κ3) is 6.89. The van der Waals surface area contributed by atoms with E-state index >= 15 is 0 Å². The first-order chi connectivity index (χ1) is 8.72. The summed E-state index contributed by atoms with van der Waals surface area (Å²) in [5.74, 6) is 2.25. The molecule has 0 aliphatic carbocycles. The van der Waals surface area contributed by atoms with E-state index < -0.39 is 0 Å². The Balaban J connectivity index is 2.14. The van der Waals surface area contributed by atoms with Crippen LogP contribution in [0.25, 0.3) is 0 Å². The maximum Gasteiger partial charge on any atom is 0.238 e. The van der Waals surface area contributed by atoms with Gasteiger partial charge in [-0.2, -0.15) is 11.8 Å². The molecule has 0 aromatic heterocycles. The summed E-state index contributed by atoms with van der Waals surface area (Å²) >= 11 is 7.75. The molecule has 0 bridgehead atoms. The predicted molar refractivity (Wildman–Crippen MR) is 80.6 cm³/mol. The number of hydrogen-bond acceptors (Lipinski definition) is 3. The highest BCUT2D eigenvalue weighted by Crippen LogP contribution is 2.14. The van der Waals surface area contributed by atoms with Gasteiger partial charge in [-0.05, 0) is 42.7 Å². The van der Waals surface area contributed by atoms with Gasteiger partial charge in [0.25, 0.3) is 0 Å². The van der Waals surface area contributed by atoms with Crippen LogP contribution in [0.3, 0.4) is 0 Å². The van der Waals surface area contributed by atoms with Crippen molar-refractivity contribution in [3.63, 3.8) is 0 Å². The van der Waals surface area contributed by atoms with Gasteiger partial charge in [0.1, 0.15) is 0 Å². The van der Waals surface area contributed by atoms with Gasteiger partial charge in [0.2, 0.25) is 5.91 Å². The molecule has 0 saturated carbocycles. The van der Waals surface area contributed by atoms with Crippen molar-refractivity contribution < 1.29 is 4.79 Å². The molecule has 0 saturated heterocycles. The molecule has 5 heteroatoms. The third-order valence-electron chi connectivity index (χ3n) is 2.24. The van der Waals surface area contributed by atoms with Crippen molar-refractivity contribution in [2.75, 3.05) is 29.9 Å². The number of nitrogens with one attached hydrogen (secondary N) is 2. The molecule has 0 unspecified atom stereocenters. The van der Waals surface area contributed by atoms with Crippen LogP contribution in [0.15, 0.2) is 24.3 Å². The summed E-state index contributed by atoms with van der Waals surface area (Å²) in [6.07, 6.45) is 1.09. The zero-order valence-corrected chi connectivity index (χ0v) is 12.1. The first-order valence-corrected chi connectivity index (χ1v) is 7.59. The molecule has 1 aromatic rings. The molecule has 1 rings (SSSR count). The number of carbonyl (C=O) groups is 1. The van der Waals surface area contributed by atoms with E-state index in [9.17, 15) is 4.79 Å². The van der Waals surface area contributed by atoms with Crippen LogP contribution in [0, 0.1) is 0 Å². The Labute approximate surface area is 118 Å². The molecule has 1 amide bonds. The standard InChI is InChI=1S/C13H19ClN2OS/c1-2-18-8-4-7-15-10-13(17)16-12-6-3-5-11(14)9-12/h3,5-6,9,15H,2,4,7-8,10H2,1H3,(H,16,17). The third-order valence-corrected chi connectivity index (χ3v) is 3.46. The van der Waals surface area contributed by atoms with Crippen LogP contribution in [0.5, 0.6) is 0 Å². The predicted octanol–water partition coefficient (Wildman–Crippen LogP) is 3.01. The van der Waals surface area contributed by atoms with Gasteiger partial charge in [-0.1, -0.05) is 24.6 Å². The van der Waals surface area contributed by atoms with Crippen LogP contribution >= 0.6 is 23.4 Å². The molecule has 2 N–H and O–H groups in total. The van der Waals surface area contributed by atoms with Crippen molar-refractivity contribution in [3.8, 4) is 0 Å². The fraction of sp³-hybridized carbons (Fsp3) is 0.462. The van der Waals surface area contributed by atoms with Crippen LogP contribution < -0.4 is 10.6 Å². The summed E-state index contributed by atoms with van der Waals surface area (Å²) in [6.45, 7) is 3.36. The van der Waals surface area contributed by atoms with E-state index in [0.29, 0.717) is 11.6 Å². The van der Waals surface area contributed by atoms with Crippen molar-refractivity contribution >= 4 is 35.0 Å². The number of thioether (sulfide) groups is 1. The monoisotopic (exact) mass is 286 g/mol. The second kappa shape index (κ2) is 9.25. The van der Waals surface area contributed by atoms with Gasteiger partial charge in [0, 0.05) is 10.7 Å². The molecular weight excluding hydrogens is 268 g/mol. The summed E-state index contributed by atoms with van der Waals surface area (Å²) < 4.78 is 0. The van der Waals surface area contributed by atoms with Crippen molar-refractivity contribution in [1.82, 2.24) is 5.32 Å². The SMILES string of the molecule is CCSCCCNCC(=O)Nc1cccc(Cl)c1. The number of halogens is 1. The minimum atomic E-state index is -0.0413. The summed E-state index contributed by atoms with van der Waals surface area (Å²) in [5.41, 5.74) is 0.732. The summed E-state index contributed by atoms with van der Waals surface area (Å²) in [7, 11) is 0. The molecule has 0 aliphatic heterocycles. The fourth-order valence-electron chi connectivity index (χ4n) is 1.42. The zero-order valence-electron chi connectivity index (χ0n) is 10.5. The molecule has 18 heavy (non-hydrogen) atoms. The molecule has 0 fully saturated rings. The van der Waals surface area contributed by atoms with E-state index in [-0.39, 0.29) is 5.91 Å². The van der Waals surface area contributed by atoms with Crippen LogP contribution in [0.4, 0.5) is 5.69 Å². The van der Waals surface area contributed by atoms with Crippen molar-refractivity contribution in [2.24, 2.45) is 0 Å². The average Bonchev–Trinajstić information content (AvgIpc) is 2.33. The Bertz CT molecular complexity index is 374. The maximum absolute atomic E-state index is 11.6. The molecule has 0 spiro atoms. The normalized spacial score (nSPS) is 10.3. The zero-order chi connectivity index (χ0) is 13.2. The molecule has 0 heterocycles. The molecule has 0 atom stereocenters. The van der Waals surface area contributed by atoms with Gasteiger partial charge < -0.3 is 10.6 Å². The van der Waals surface area contributed by atoms with E-state index in [1.165, 1.54) is 0 Å². The summed E-state index contributed by atoms with van der Waals surface area (Å²) in [4.78, 5) is 11.6. The van der Waals surface area contributed by atoms with E-state index in [2.05, 4.69) is 17.6 Å². The highest BCUT2D eigenvalue weighted by molar-refractivity contribution is 7.99. The van der Waals surface area contributed by atoms with Gasteiger partial charge in [0.15, 0.2) is 0 Å². The van der Waals surface area contributed by atoms with Crippen molar-refractivity contribution in [1.29, 1.82) is 0 Å². The average molecular weight is 287 g/mol. The Hall–Kier alpha value is -0.710. The van der Waals surface area contributed by atoms with Gasteiger partial charge in [-0.15, -0.1) is 0 Å². The molecule has 1 aromatic carbocycles. The number of benzene rings is 1. The Morgan fingerprint density at radius 1 is 1.44 bits per heavy atom. The highest BCUT2D eigenvalue weighted by Gasteiger charge is 2.01. The van der Waals surface area contributed by atoms with Gasteiger partial charge >= 0.3 is 0 Å². The number of hydrogen-bond donors (Lipinski definition) is 2. The lowest BCUT2D eigenvalue weighted by molar-refractivity contribution is -0.115. The van der Waals surface area contributed by atoms with E-state index in [1.807, 2.05) is 23.9 Å².